The number of nitrogens with zero attached hydrogens (tertiary/aromatic N) is 2. The van der Waals surface area contributed by atoms with E-state index < -0.39 is 35.5 Å². The van der Waals surface area contributed by atoms with E-state index in [0.717, 1.165) is 11.1 Å². The van der Waals surface area contributed by atoms with Crippen LogP contribution >= 0.6 is 0 Å². The molecule has 7 nitrogen and oxygen atoms in total. The second-order valence-electron chi connectivity index (χ2n) is 9.06. The number of carboxylic acid groups (broad SMARTS) is 1. The summed E-state index contributed by atoms with van der Waals surface area (Å²) in [6.07, 6.45) is -1.64. The number of nitrogens with two attached hydrogens (primary N) is 1. The molecule has 0 amide bonds. The Balaban J connectivity index is 1.78. The van der Waals surface area contributed by atoms with Crippen molar-refractivity contribution < 1.29 is 32.2 Å². The van der Waals surface area contributed by atoms with Gasteiger partial charge in [-0.3, -0.25) is 4.79 Å². The summed E-state index contributed by atoms with van der Waals surface area (Å²) in [6.45, 7) is 3.18. The molecular weight excluding hydrogens is 492 g/mol. The number of aromatic nitrogens is 2. The van der Waals surface area contributed by atoms with Gasteiger partial charge < -0.3 is 20.9 Å². The van der Waals surface area contributed by atoms with Gasteiger partial charge in [0, 0.05) is 28.3 Å². The van der Waals surface area contributed by atoms with E-state index in [9.17, 15) is 27.5 Å². The zero-order valence-electron chi connectivity index (χ0n) is 20.4. The van der Waals surface area contributed by atoms with E-state index in [4.69, 9.17) is 10.5 Å². The molecule has 37 heavy (non-hydrogen) atoms. The van der Waals surface area contributed by atoms with Crippen molar-refractivity contribution in [1.82, 2.24) is 9.97 Å². The summed E-state index contributed by atoms with van der Waals surface area (Å²) in [5.74, 6) is -1.46. The normalized spacial score (nSPS) is 16.8. The minimum absolute atomic E-state index is 0.211. The topological polar surface area (TPSA) is 110 Å². The molecule has 0 saturated heterocycles. The first-order chi connectivity index (χ1) is 17.4. The van der Waals surface area contributed by atoms with Crippen molar-refractivity contribution in [2.45, 2.75) is 45.3 Å². The molecule has 1 unspecified atom stereocenters. The van der Waals surface area contributed by atoms with Gasteiger partial charge in [-0.2, -0.15) is 13.2 Å². The monoisotopic (exact) mass is 518 g/mol. The van der Waals surface area contributed by atoms with E-state index in [2.05, 4.69) is 15.3 Å². The Labute approximate surface area is 210 Å². The highest BCUT2D eigenvalue weighted by Crippen LogP contribution is 2.40. The van der Waals surface area contributed by atoms with Crippen molar-refractivity contribution in [3.63, 3.8) is 0 Å². The zero-order chi connectivity index (χ0) is 27.1. The lowest BCUT2D eigenvalue weighted by molar-refractivity contribution is -0.142. The summed E-state index contributed by atoms with van der Waals surface area (Å²) in [5.41, 5.74) is 5.92. The Morgan fingerprint density at radius 1 is 1.24 bits per heavy atom. The number of aryl methyl sites for hydroxylation is 1. The molecule has 0 saturated carbocycles. The van der Waals surface area contributed by atoms with Crippen LogP contribution in [0.5, 0.6) is 5.75 Å². The van der Waals surface area contributed by atoms with Gasteiger partial charge in [-0.15, -0.1) is 0 Å². The number of benzene rings is 2. The fourth-order valence-electron chi connectivity index (χ4n) is 4.58. The molecule has 2 atom stereocenters. The number of halogens is 4. The van der Waals surface area contributed by atoms with E-state index in [0.29, 0.717) is 53.6 Å². The van der Waals surface area contributed by atoms with E-state index in [-0.39, 0.29) is 11.3 Å². The predicted molar refractivity (Wildman–Crippen MR) is 132 cm³/mol. The molecule has 3 aromatic rings. The first-order valence-corrected chi connectivity index (χ1v) is 11.6. The summed E-state index contributed by atoms with van der Waals surface area (Å²) >= 11 is 0. The van der Waals surface area contributed by atoms with Gasteiger partial charge >= 0.3 is 12.1 Å². The van der Waals surface area contributed by atoms with Crippen LogP contribution in [0.2, 0.25) is 0 Å². The molecule has 2 aromatic carbocycles. The maximum Gasteiger partial charge on any atom is 0.419 e. The molecule has 4 N–H and O–H groups in total. The summed E-state index contributed by atoms with van der Waals surface area (Å²) < 4.78 is 60.5. The van der Waals surface area contributed by atoms with Crippen molar-refractivity contribution in [2.75, 3.05) is 18.2 Å². The number of nitrogens with one attached hydrogen (secondary N) is 1. The molecule has 196 valence electrons. The number of ether oxygens (including phenoxy) is 1. The number of alkyl halides is 3. The fourth-order valence-corrected chi connectivity index (χ4v) is 4.58. The molecule has 1 heterocycles. The number of methoxy groups -OCH3 is 1. The van der Waals surface area contributed by atoms with Crippen molar-refractivity contribution >= 4 is 34.0 Å². The maximum absolute atomic E-state index is 14.9. The number of carbonyl (C=O) groups is 1. The predicted octanol–water partition coefficient (Wildman–Crippen LogP) is 6.13. The third-order valence-electron chi connectivity index (χ3n) is 6.48. The second-order valence-corrected chi connectivity index (χ2v) is 9.06. The number of hydrogen-bond acceptors (Lipinski definition) is 6. The molecule has 0 spiro atoms. The Morgan fingerprint density at radius 2 is 1.97 bits per heavy atom. The van der Waals surface area contributed by atoms with Gasteiger partial charge in [-0.25, -0.2) is 14.4 Å². The average molecular weight is 519 g/mol. The summed E-state index contributed by atoms with van der Waals surface area (Å²) in [4.78, 5) is 20.2. The molecule has 0 radical (unpaired) electrons. The van der Waals surface area contributed by atoms with Crippen molar-refractivity contribution in [2.24, 2.45) is 5.92 Å². The highest BCUT2D eigenvalue weighted by Gasteiger charge is 2.36. The summed E-state index contributed by atoms with van der Waals surface area (Å²) in [6, 6.07) is 4.34. The van der Waals surface area contributed by atoms with E-state index in [1.165, 1.54) is 20.1 Å². The lowest BCUT2D eigenvalue weighted by atomic mass is 9.86. The van der Waals surface area contributed by atoms with Gasteiger partial charge in [0.2, 0.25) is 0 Å². The highest BCUT2D eigenvalue weighted by molar-refractivity contribution is 5.94. The van der Waals surface area contributed by atoms with E-state index >= 15 is 0 Å². The van der Waals surface area contributed by atoms with Crippen LogP contribution < -0.4 is 15.8 Å². The van der Waals surface area contributed by atoms with Gasteiger partial charge in [-0.05, 0) is 56.9 Å². The van der Waals surface area contributed by atoms with Gasteiger partial charge in [-0.1, -0.05) is 6.08 Å². The van der Waals surface area contributed by atoms with E-state index in [1.54, 1.807) is 19.1 Å². The van der Waals surface area contributed by atoms with Crippen LogP contribution in [0.25, 0.3) is 16.5 Å². The standard InChI is InChI=1S/C26H26F4N4O3/c1-12(17-8-16(31)9-20(23(17)27)26(28,29)30)32-24-19-10-18(14-4-6-15(7-5-14)25(35)36)22(37-3)11-21(19)33-13(2)34-24/h4,8-12,15H,5-7,31H2,1-3H3,(H,35,36)(H,32,33,34)/t12-,15?/m1/s1. The Kier molecular flexibility index (Phi) is 6.98. The Hall–Kier alpha value is -3.89. The molecular formula is C26H26F4N4O3. The number of nitrogen functional groups attached to an aromatic ring is 1. The first kappa shape index (κ1) is 26.2. The summed E-state index contributed by atoms with van der Waals surface area (Å²) in [7, 11) is 1.52. The van der Waals surface area contributed by atoms with Crippen LogP contribution in [0.4, 0.5) is 29.1 Å². The number of carboxylic acids is 1. The SMILES string of the molecule is COc1cc2nc(C)nc(N[C@H](C)c3cc(N)cc(C(F)(F)F)c3F)c2cc1C1=CCC(C(=O)O)CC1. The van der Waals surface area contributed by atoms with Crippen LogP contribution in [-0.2, 0) is 11.0 Å². The number of allylic oxidation sites excluding steroid dienone is 2. The van der Waals surface area contributed by atoms with Crippen LogP contribution in [-0.4, -0.2) is 28.2 Å². The Bertz CT molecular complexity index is 1410. The third-order valence-corrected chi connectivity index (χ3v) is 6.48. The van der Waals surface area contributed by atoms with Crippen LogP contribution in [0.1, 0.15) is 54.7 Å². The number of anilines is 2. The number of rotatable bonds is 6. The molecule has 4 rings (SSSR count). The molecule has 11 heteroatoms. The quantitative estimate of drug-likeness (QED) is 0.266. The third kappa shape index (κ3) is 5.30. The van der Waals surface area contributed by atoms with Crippen LogP contribution in [0.3, 0.4) is 0 Å². The van der Waals surface area contributed by atoms with Gasteiger partial charge in [0.05, 0.1) is 30.1 Å². The number of aliphatic carboxylic acids is 1. The maximum atomic E-state index is 14.9. The van der Waals surface area contributed by atoms with Crippen LogP contribution in [0, 0.1) is 18.7 Å². The molecule has 0 aliphatic heterocycles. The smallest absolute Gasteiger partial charge is 0.419 e. The van der Waals surface area contributed by atoms with Crippen molar-refractivity contribution in [3.8, 4) is 5.75 Å². The van der Waals surface area contributed by atoms with Gasteiger partial charge in [0.15, 0.2) is 0 Å². The lowest BCUT2D eigenvalue weighted by Gasteiger charge is -2.22. The van der Waals surface area contributed by atoms with Gasteiger partial charge in [0.25, 0.3) is 0 Å². The fraction of sp³-hybridized carbons (Fsp3) is 0.346. The minimum Gasteiger partial charge on any atom is -0.496 e. The lowest BCUT2D eigenvalue weighted by Crippen LogP contribution is -2.16. The number of fused-ring (bicyclic) bond motifs is 1. The largest absolute Gasteiger partial charge is 0.496 e. The van der Waals surface area contributed by atoms with Crippen molar-refractivity contribution in [1.29, 1.82) is 0 Å². The average Bonchev–Trinajstić information content (AvgIpc) is 2.83. The molecule has 1 aliphatic carbocycles. The highest BCUT2D eigenvalue weighted by atomic mass is 19.4. The molecule has 1 aromatic heterocycles. The Morgan fingerprint density at radius 3 is 2.57 bits per heavy atom. The van der Waals surface area contributed by atoms with E-state index in [1.807, 2.05) is 6.08 Å². The minimum atomic E-state index is -4.90. The number of hydrogen-bond donors (Lipinski definition) is 3. The molecule has 1 aliphatic rings. The van der Waals surface area contributed by atoms with Crippen molar-refractivity contribution in [3.05, 3.63) is 58.7 Å². The van der Waals surface area contributed by atoms with Gasteiger partial charge in [0.1, 0.15) is 23.2 Å². The molecule has 0 bridgehead atoms. The zero-order valence-corrected chi connectivity index (χ0v) is 20.4. The molecule has 0 fully saturated rings. The first-order valence-electron chi connectivity index (χ1n) is 11.6. The van der Waals surface area contributed by atoms with Crippen LogP contribution in [0.15, 0.2) is 30.3 Å². The summed E-state index contributed by atoms with van der Waals surface area (Å²) in [5, 5.41) is 12.9. The second kappa shape index (κ2) is 9.87.